The highest BCUT2D eigenvalue weighted by Crippen LogP contribution is 2.35. The predicted molar refractivity (Wildman–Crippen MR) is 119 cm³/mol. The smallest absolute Gasteiger partial charge is 0.309 e. The van der Waals surface area contributed by atoms with Gasteiger partial charge in [-0.25, -0.2) is 0 Å². The van der Waals surface area contributed by atoms with Crippen LogP contribution in [0.15, 0.2) is 48.5 Å². The largest absolute Gasteiger partial charge is 0.383 e. The van der Waals surface area contributed by atoms with Gasteiger partial charge in [0.05, 0.1) is 12.6 Å². The van der Waals surface area contributed by atoms with E-state index in [1.165, 1.54) is 11.3 Å². The fourth-order valence-corrected chi connectivity index (χ4v) is 3.71. The van der Waals surface area contributed by atoms with Gasteiger partial charge in [0.1, 0.15) is 0 Å². The third kappa shape index (κ3) is 5.10. The molecule has 0 saturated carbocycles. The zero-order valence-electron chi connectivity index (χ0n) is 17.9. The van der Waals surface area contributed by atoms with Gasteiger partial charge in [-0.1, -0.05) is 30.3 Å². The molecular formula is C23H30N4O3. The lowest BCUT2D eigenvalue weighted by molar-refractivity contribution is -0.139. The van der Waals surface area contributed by atoms with Gasteiger partial charge in [-0.2, -0.15) is 0 Å². The minimum Gasteiger partial charge on any atom is -0.383 e. The zero-order chi connectivity index (χ0) is 21.5. The van der Waals surface area contributed by atoms with E-state index < -0.39 is 11.8 Å². The lowest BCUT2D eigenvalue weighted by Crippen LogP contribution is -2.44. The molecule has 2 amide bonds. The van der Waals surface area contributed by atoms with Crippen LogP contribution in [0.5, 0.6) is 0 Å². The molecule has 2 aromatic rings. The first-order chi connectivity index (χ1) is 14.5. The van der Waals surface area contributed by atoms with Crippen molar-refractivity contribution in [2.45, 2.75) is 12.5 Å². The predicted octanol–water partition coefficient (Wildman–Crippen LogP) is 1.74. The summed E-state index contributed by atoms with van der Waals surface area (Å²) in [6.45, 7) is 1.88. The van der Waals surface area contributed by atoms with Gasteiger partial charge in [0.25, 0.3) is 0 Å². The molecule has 0 aliphatic carbocycles. The Morgan fingerprint density at radius 1 is 1.07 bits per heavy atom. The number of hydrogen-bond donors (Lipinski definition) is 2. The second-order valence-electron chi connectivity index (χ2n) is 7.53. The molecule has 160 valence electrons. The molecule has 1 heterocycles. The molecule has 0 saturated heterocycles. The van der Waals surface area contributed by atoms with E-state index in [0.717, 1.165) is 24.2 Å². The van der Waals surface area contributed by atoms with E-state index in [2.05, 4.69) is 62.9 Å². The van der Waals surface area contributed by atoms with Gasteiger partial charge in [0.2, 0.25) is 0 Å². The normalized spacial score (nSPS) is 13.5. The topological polar surface area (TPSA) is 73.9 Å². The van der Waals surface area contributed by atoms with Crippen molar-refractivity contribution in [2.24, 2.45) is 0 Å². The molecule has 1 aliphatic heterocycles. The Kier molecular flexibility index (Phi) is 7.30. The number of hydrogen-bond acceptors (Lipinski definition) is 5. The summed E-state index contributed by atoms with van der Waals surface area (Å²) in [4.78, 5) is 28.7. The fourth-order valence-electron chi connectivity index (χ4n) is 3.71. The number of rotatable bonds is 8. The van der Waals surface area contributed by atoms with Gasteiger partial charge in [-0.15, -0.1) is 0 Å². The molecule has 0 fully saturated rings. The first kappa shape index (κ1) is 21.6. The lowest BCUT2D eigenvalue weighted by Gasteiger charge is -2.31. The van der Waals surface area contributed by atoms with Gasteiger partial charge in [-0.05, 0) is 35.7 Å². The molecule has 7 nitrogen and oxygen atoms in total. The van der Waals surface area contributed by atoms with E-state index in [-0.39, 0.29) is 6.04 Å². The number of anilines is 2. The molecule has 30 heavy (non-hydrogen) atoms. The third-order valence-corrected chi connectivity index (χ3v) is 5.35. The van der Waals surface area contributed by atoms with Crippen LogP contribution >= 0.6 is 0 Å². The number of nitrogens with zero attached hydrogens (tertiary/aromatic N) is 2. The summed E-state index contributed by atoms with van der Waals surface area (Å²) < 4.78 is 4.90. The van der Waals surface area contributed by atoms with Crippen molar-refractivity contribution < 1.29 is 14.3 Å². The molecule has 0 unspecified atom stereocenters. The van der Waals surface area contributed by atoms with E-state index in [9.17, 15) is 9.59 Å². The van der Waals surface area contributed by atoms with E-state index in [0.29, 0.717) is 19.7 Å². The molecule has 0 radical (unpaired) electrons. The highest BCUT2D eigenvalue weighted by atomic mass is 16.5. The molecule has 2 N–H and O–H groups in total. The SMILES string of the molecule is COCCNC(=O)C(=O)NC[C@@H](c1ccc(N(C)C)cc1)N1CCc2ccccc21. The van der Waals surface area contributed by atoms with Crippen LogP contribution in [0.1, 0.15) is 17.2 Å². The Morgan fingerprint density at radius 2 is 1.77 bits per heavy atom. The van der Waals surface area contributed by atoms with Crippen molar-refractivity contribution in [3.05, 3.63) is 59.7 Å². The lowest BCUT2D eigenvalue weighted by atomic mass is 10.0. The summed E-state index contributed by atoms with van der Waals surface area (Å²) in [5, 5.41) is 5.37. The van der Waals surface area contributed by atoms with Crippen LogP contribution in [-0.4, -0.2) is 59.3 Å². The summed E-state index contributed by atoms with van der Waals surface area (Å²) >= 11 is 0. The summed E-state index contributed by atoms with van der Waals surface area (Å²) in [6.07, 6.45) is 0.966. The average molecular weight is 411 g/mol. The Balaban J connectivity index is 1.77. The van der Waals surface area contributed by atoms with Crippen molar-refractivity contribution in [3.8, 4) is 0 Å². The second-order valence-corrected chi connectivity index (χ2v) is 7.53. The Bertz CT molecular complexity index is 867. The van der Waals surface area contributed by atoms with Crippen molar-refractivity contribution in [1.82, 2.24) is 10.6 Å². The van der Waals surface area contributed by atoms with E-state index in [1.54, 1.807) is 7.11 Å². The van der Waals surface area contributed by atoms with Crippen LogP contribution in [-0.2, 0) is 20.7 Å². The monoisotopic (exact) mass is 410 g/mol. The van der Waals surface area contributed by atoms with Crippen LogP contribution in [0.2, 0.25) is 0 Å². The number of ether oxygens (including phenoxy) is 1. The summed E-state index contributed by atoms with van der Waals surface area (Å²) in [7, 11) is 5.56. The molecule has 7 heteroatoms. The second kappa shape index (κ2) is 10.1. The molecule has 0 spiro atoms. The summed E-state index contributed by atoms with van der Waals surface area (Å²) in [6, 6.07) is 16.6. The van der Waals surface area contributed by atoms with E-state index >= 15 is 0 Å². The molecule has 0 bridgehead atoms. The zero-order valence-corrected chi connectivity index (χ0v) is 17.9. The van der Waals surface area contributed by atoms with E-state index in [4.69, 9.17) is 4.74 Å². The third-order valence-electron chi connectivity index (χ3n) is 5.35. The Labute approximate surface area is 178 Å². The fraction of sp³-hybridized carbons (Fsp3) is 0.391. The minimum absolute atomic E-state index is 0.0689. The Morgan fingerprint density at radius 3 is 2.47 bits per heavy atom. The highest BCUT2D eigenvalue weighted by Gasteiger charge is 2.28. The molecular weight excluding hydrogens is 380 g/mol. The number of nitrogens with one attached hydrogen (secondary N) is 2. The first-order valence-electron chi connectivity index (χ1n) is 10.2. The van der Waals surface area contributed by atoms with E-state index in [1.807, 2.05) is 20.2 Å². The number of carbonyl (C=O) groups excluding carboxylic acids is 2. The number of fused-ring (bicyclic) bond motifs is 1. The standard InChI is InChI=1S/C23H30N4O3/c1-26(2)19-10-8-18(9-11-19)21(16-25-23(29)22(28)24-13-15-30-3)27-14-12-17-6-4-5-7-20(17)27/h4-11,21H,12-16H2,1-3H3,(H,24,28)(H,25,29)/t21-/m0/s1. The maximum absolute atomic E-state index is 12.3. The number of carbonyl (C=O) groups is 2. The van der Waals surface area contributed by atoms with Crippen molar-refractivity contribution in [2.75, 3.05) is 57.2 Å². The maximum Gasteiger partial charge on any atom is 0.309 e. The van der Waals surface area contributed by atoms with Crippen LogP contribution in [0.25, 0.3) is 0 Å². The maximum atomic E-state index is 12.3. The Hall–Kier alpha value is -3.06. The first-order valence-corrected chi connectivity index (χ1v) is 10.2. The molecule has 1 aliphatic rings. The summed E-state index contributed by atoms with van der Waals surface area (Å²) in [5.74, 6) is -1.27. The number of methoxy groups -OCH3 is 1. The number of amides is 2. The van der Waals surface area contributed by atoms with Gasteiger partial charge >= 0.3 is 11.8 Å². The number of benzene rings is 2. The molecule has 3 rings (SSSR count). The van der Waals surface area contributed by atoms with Crippen LogP contribution in [0, 0.1) is 0 Å². The average Bonchev–Trinajstić information content (AvgIpc) is 3.18. The van der Waals surface area contributed by atoms with Gasteiger partial charge in [0.15, 0.2) is 0 Å². The highest BCUT2D eigenvalue weighted by molar-refractivity contribution is 6.35. The van der Waals surface area contributed by atoms with Crippen molar-refractivity contribution in [3.63, 3.8) is 0 Å². The minimum atomic E-state index is -0.643. The number of para-hydroxylation sites is 1. The van der Waals surface area contributed by atoms with Crippen LogP contribution < -0.4 is 20.4 Å². The summed E-state index contributed by atoms with van der Waals surface area (Å²) in [5.41, 5.74) is 4.69. The van der Waals surface area contributed by atoms with Gasteiger partial charge in [-0.3, -0.25) is 9.59 Å². The van der Waals surface area contributed by atoms with Gasteiger partial charge < -0.3 is 25.2 Å². The van der Waals surface area contributed by atoms with Crippen LogP contribution in [0.4, 0.5) is 11.4 Å². The van der Waals surface area contributed by atoms with Crippen molar-refractivity contribution in [1.29, 1.82) is 0 Å². The van der Waals surface area contributed by atoms with Crippen molar-refractivity contribution >= 4 is 23.2 Å². The quantitative estimate of drug-likeness (QED) is 0.512. The van der Waals surface area contributed by atoms with Crippen LogP contribution in [0.3, 0.4) is 0 Å². The molecule has 0 aromatic heterocycles. The van der Waals surface area contributed by atoms with Gasteiger partial charge in [0, 0.05) is 52.2 Å². The molecule has 2 aromatic carbocycles. The molecule has 1 atom stereocenters.